The fourth-order valence-electron chi connectivity index (χ4n) is 9.07. The van der Waals surface area contributed by atoms with E-state index in [0.717, 1.165) is 71.4 Å². The Morgan fingerprint density at radius 2 is 0.790 bits per heavy atom. The summed E-state index contributed by atoms with van der Waals surface area (Å²) >= 11 is 1.76. The number of thiophene rings is 1. The highest BCUT2D eigenvalue weighted by Gasteiger charge is 2.25. The average Bonchev–Trinajstić information content (AvgIpc) is 3.89. The highest BCUT2D eigenvalue weighted by molar-refractivity contribution is 7.26. The first kappa shape index (κ1) is 36.0. The van der Waals surface area contributed by atoms with E-state index in [-0.39, 0.29) is 0 Å². The fourth-order valence-corrected chi connectivity index (χ4v) is 10.2. The lowest BCUT2D eigenvalue weighted by Crippen LogP contribution is -2.03. The van der Waals surface area contributed by atoms with E-state index in [1.54, 1.807) is 11.3 Å². The molecule has 12 aromatic rings. The van der Waals surface area contributed by atoms with Crippen LogP contribution in [0.5, 0.6) is 0 Å². The van der Waals surface area contributed by atoms with Gasteiger partial charge in [-0.2, -0.15) is 0 Å². The third-order valence-corrected chi connectivity index (χ3v) is 13.2. The van der Waals surface area contributed by atoms with Gasteiger partial charge in [0.05, 0.1) is 32.6 Å². The molecule has 0 unspecified atom stereocenters. The highest BCUT2D eigenvalue weighted by atomic mass is 32.1. The molecular formula is C58H37N3S. The number of aromatic nitrogens is 3. The molecule has 0 saturated carbocycles. The maximum absolute atomic E-state index is 5.48. The van der Waals surface area contributed by atoms with Gasteiger partial charge in [0.15, 0.2) is 5.82 Å². The average molecular weight is 808 g/mol. The van der Waals surface area contributed by atoms with Crippen LogP contribution in [-0.4, -0.2) is 14.5 Å². The van der Waals surface area contributed by atoms with Crippen molar-refractivity contribution in [2.75, 3.05) is 0 Å². The molecule has 0 atom stereocenters. The lowest BCUT2D eigenvalue weighted by Gasteiger charge is -2.21. The fraction of sp³-hybridized carbons (Fsp3) is 0. The van der Waals surface area contributed by atoms with Crippen LogP contribution in [-0.2, 0) is 0 Å². The standard InChI is InChI=1S/C58H37N3S/c1-6-18-38(19-7-1)43-30-32-46-47-33-31-44(39-20-8-2-9-21-39)37-52(47)61(51(46)36-43)56-49(40-22-10-3-11-23-40)34-45(35-50(56)41-24-12-4-13-25-41)54-57-55(48-28-16-17-29-53(48)62-57)60-58(59-54)42-26-14-5-15-27-42/h1-37H. The SMILES string of the molecule is c1ccc(-c2ccc3c4ccc(-c5ccccc5)cc4n(-c4c(-c5ccccc5)cc(-c5nc(-c6ccccc6)nc6c5sc5ccccc56)cc4-c4ccccc4)c3c2)cc1. The van der Waals surface area contributed by atoms with Crippen LogP contribution < -0.4 is 0 Å². The molecule has 0 bridgehead atoms. The molecule has 9 aromatic carbocycles. The van der Waals surface area contributed by atoms with Crippen molar-refractivity contribution in [1.82, 2.24) is 14.5 Å². The summed E-state index contributed by atoms with van der Waals surface area (Å²) in [6.45, 7) is 0. The maximum atomic E-state index is 5.48. The predicted molar refractivity (Wildman–Crippen MR) is 262 cm³/mol. The zero-order valence-electron chi connectivity index (χ0n) is 33.6. The van der Waals surface area contributed by atoms with Gasteiger partial charge >= 0.3 is 0 Å². The molecule has 0 aliphatic rings. The Hall–Kier alpha value is -7.92. The first-order chi connectivity index (χ1) is 30.7. The number of hydrogen-bond acceptors (Lipinski definition) is 3. The molecule has 0 aliphatic carbocycles. The monoisotopic (exact) mass is 807 g/mol. The van der Waals surface area contributed by atoms with Crippen molar-refractivity contribution < 1.29 is 0 Å². The molecular weight excluding hydrogens is 771 g/mol. The van der Waals surface area contributed by atoms with Gasteiger partial charge in [-0.3, -0.25) is 0 Å². The molecule has 290 valence electrons. The molecule has 0 amide bonds. The molecule has 0 N–H and O–H groups in total. The Balaban J connectivity index is 1.24. The van der Waals surface area contributed by atoms with Crippen LogP contribution in [0.25, 0.3) is 115 Å². The van der Waals surface area contributed by atoms with E-state index in [1.165, 1.54) is 37.7 Å². The smallest absolute Gasteiger partial charge is 0.160 e. The van der Waals surface area contributed by atoms with Crippen molar-refractivity contribution in [1.29, 1.82) is 0 Å². The summed E-state index contributed by atoms with van der Waals surface area (Å²) in [6.07, 6.45) is 0. The minimum Gasteiger partial charge on any atom is -0.308 e. The molecule has 0 fully saturated rings. The second-order valence-electron chi connectivity index (χ2n) is 15.7. The zero-order valence-corrected chi connectivity index (χ0v) is 34.4. The molecule has 0 saturated heterocycles. The van der Waals surface area contributed by atoms with Crippen LogP contribution in [0.4, 0.5) is 0 Å². The normalized spacial score (nSPS) is 11.5. The molecule has 0 radical (unpaired) electrons. The Labute approximate surface area is 363 Å². The molecule has 0 aliphatic heterocycles. The second kappa shape index (κ2) is 15.0. The number of benzene rings is 9. The third-order valence-electron chi connectivity index (χ3n) is 12.0. The topological polar surface area (TPSA) is 30.7 Å². The van der Waals surface area contributed by atoms with E-state index in [0.29, 0.717) is 5.82 Å². The molecule has 3 nitrogen and oxygen atoms in total. The van der Waals surface area contributed by atoms with Crippen LogP contribution in [0.3, 0.4) is 0 Å². The van der Waals surface area contributed by atoms with Gasteiger partial charge in [0.2, 0.25) is 0 Å². The Morgan fingerprint density at radius 3 is 1.31 bits per heavy atom. The molecule has 62 heavy (non-hydrogen) atoms. The molecule has 4 heteroatoms. The van der Waals surface area contributed by atoms with Crippen LogP contribution in [0.2, 0.25) is 0 Å². The van der Waals surface area contributed by atoms with Crippen molar-refractivity contribution in [3.05, 3.63) is 224 Å². The van der Waals surface area contributed by atoms with E-state index >= 15 is 0 Å². The lowest BCUT2D eigenvalue weighted by atomic mass is 9.91. The summed E-state index contributed by atoms with van der Waals surface area (Å²) in [5, 5.41) is 3.55. The van der Waals surface area contributed by atoms with Crippen LogP contribution in [0.15, 0.2) is 224 Å². The van der Waals surface area contributed by atoms with Crippen LogP contribution in [0, 0.1) is 0 Å². The van der Waals surface area contributed by atoms with Crippen molar-refractivity contribution in [3.63, 3.8) is 0 Å². The van der Waals surface area contributed by atoms with E-state index in [4.69, 9.17) is 9.97 Å². The summed E-state index contributed by atoms with van der Waals surface area (Å²) < 4.78 is 4.80. The quantitative estimate of drug-likeness (QED) is 0.161. The summed E-state index contributed by atoms with van der Waals surface area (Å²) in [5.41, 5.74) is 16.5. The van der Waals surface area contributed by atoms with E-state index in [2.05, 4.69) is 223 Å². The van der Waals surface area contributed by atoms with Crippen molar-refractivity contribution in [2.45, 2.75) is 0 Å². The third kappa shape index (κ3) is 6.11. The lowest BCUT2D eigenvalue weighted by molar-refractivity contribution is 1.18. The maximum Gasteiger partial charge on any atom is 0.160 e. The molecule has 3 heterocycles. The number of fused-ring (bicyclic) bond motifs is 6. The summed E-state index contributed by atoms with van der Waals surface area (Å²) in [4.78, 5) is 10.8. The van der Waals surface area contributed by atoms with Gasteiger partial charge in [-0.1, -0.05) is 194 Å². The van der Waals surface area contributed by atoms with Crippen LogP contribution >= 0.6 is 11.3 Å². The Kier molecular flexibility index (Phi) is 8.68. The van der Waals surface area contributed by atoms with Crippen molar-refractivity contribution >= 4 is 53.4 Å². The zero-order chi connectivity index (χ0) is 41.0. The van der Waals surface area contributed by atoms with E-state index in [1.807, 2.05) is 6.07 Å². The summed E-state index contributed by atoms with van der Waals surface area (Å²) in [5.74, 6) is 0.715. The van der Waals surface area contributed by atoms with Gasteiger partial charge in [-0.25, -0.2) is 9.97 Å². The Bertz CT molecular complexity index is 3440. The van der Waals surface area contributed by atoms with E-state index < -0.39 is 0 Å². The number of nitrogens with zero attached hydrogens (tertiary/aromatic N) is 3. The van der Waals surface area contributed by atoms with Gasteiger partial charge in [-0.15, -0.1) is 11.3 Å². The van der Waals surface area contributed by atoms with Gasteiger partial charge in [0.1, 0.15) is 0 Å². The molecule has 12 rings (SSSR count). The minimum atomic E-state index is 0.715. The van der Waals surface area contributed by atoms with Gasteiger partial charge in [-0.05, 0) is 63.7 Å². The second-order valence-corrected chi connectivity index (χ2v) is 16.8. The predicted octanol–water partition coefficient (Wildman–Crippen LogP) is 15.9. The summed E-state index contributed by atoms with van der Waals surface area (Å²) in [7, 11) is 0. The van der Waals surface area contributed by atoms with Gasteiger partial charge in [0.25, 0.3) is 0 Å². The van der Waals surface area contributed by atoms with Crippen molar-refractivity contribution in [3.8, 4) is 72.8 Å². The number of hydrogen-bond donors (Lipinski definition) is 0. The Morgan fingerprint density at radius 1 is 0.339 bits per heavy atom. The van der Waals surface area contributed by atoms with Crippen LogP contribution in [0.1, 0.15) is 0 Å². The number of rotatable bonds is 7. The van der Waals surface area contributed by atoms with E-state index in [9.17, 15) is 0 Å². The molecule has 0 spiro atoms. The highest BCUT2D eigenvalue weighted by Crippen LogP contribution is 2.47. The first-order valence-corrected chi connectivity index (χ1v) is 21.8. The largest absolute Gasteiger partial charge is 0.308 e. The molecule has 3 aromatic heterocycles. The summed E-state index contributed by atoms with van der Waals surface area (Å²) in [6, 6.07) is 80.7. The first-order valence-electron chi connectivity index (χ1n) is 21.0. The van der Waals surface area contributed by atoms with Gasteiger partial charge < -0.3 is 4.57 Å². The minimum absolute atomic E-state index is 0.715. The van der Waals surface area contributed by atoms with Gasteiger partial charge in [0, 0.05) is 43.1 Å². The van der Waals surface area contributed by atoms with Crippen molar-refractivity contribution in [2.24, 2.45) is 0 Å².